The third-order valence-corrected chi connectivity index (χ3v) is 9.26. The van der Waals surface area contributed by atoms with Gasteiger partial charge >= 0.3 is 0 Å². The molecule has 132 valence electrons. The Kier molecular flexibility index (Phi) is 3.92. The summed E-state index contributed by atoms with van der Waals surface area (Å²) in [5, 5.41) is 7.37. The Labute approximate surface area is 171 Å². The van der Waals surface area contributed by atoms with Crippen molar-refractivity contribution in [3.63, 3.8) is 0 Å². The molecule has 6 rings (SSSR count). The molecule has 25 heavy (non-hydrogen) atoms. The average molecular weight is 489 g/mol. The van der Waals surface area contributed by atoms with Crippen molar-refractivity contribution in [2.75, 3.05) is 5.01 Å². The molecule has 4 saturated carbocycles. The molecular formula is C19H19Cl2IN2O. The number of carbonyl (C=O) groups excluding carboxylic acids is 1. The smallest absolute Gasteiger partial charge is 0.253 e. The maximum atomic E-state index is 12.7. The van der Waals surface area contributed by atoms with E-state index in [1.54, 1.807) is 18.2 Å². The lowest BCUT2D eigenvalue weighted by atomic mass is 9.48. The lowest BCUT2D eigenvalue weighted by molar-refractivity contribution is -0.117. The molecular weight excluding hydrogens is 470 g/mol. The van der Waals surface area contributed by atoms with E-state index in [1.807, 2.05) is 0 Å². The number of halogens is 3. The van der Waals surface area contributed by atoms with E-state index in [-0.39, 0.29) is 11.3 Å². The highest BCUT2D eigenvalue weighted by Gasteiger charge is 2.57. The summed E-state index contributed by atoms with van der Waals surface area (Å²) in [6.07, 6.45) is 6.83. The van der Waals surface area contributed by atoms with Crippen LogP contribution in [0.2, 0.25) is 10.0 Å². The van der Waals surface area contributed by atoms with E-state index >= 15 is 0 Å². The predicted molar refractivity (Wildman–Crippen MR) is 110 cm³/mol. The standard InChI is InChI=1S/C19H19Cl2IN2O/c20-13-1-2-15(14(21)5-13)24-17(25)6-16(23-24)19-7-10-3-11(8-19)18(22)12(4-10)9-19/h1-2,5,10-12,18H,3-4,6-9H2. The lowest BCUT2D eigenvalue weighted by Gasteiger charge is -2.58. The fourth-order valence-electron chi connectivity index (χ4n) is 5.88. The van der Waals surface area contributed by atoms with E-state index < -0.39 is 0 Å². The third-order valence-electron chi connectivity index (χ3n) is 6.68. The first kappa shape index (κ1) is 16.8. The van der Waals surface area contributed by atoms with Crippen molar-refractivity contribution in [2.24, 2.45) is 28.3 Å². The van der Waals surface area contributed by atoms with Crippen molar-refractivity contribution in [3.05, 3.63) is 28.2 Å². The van der Waals surface area contributed by atoms with Crippen molar-refractivity contribution >= 4 is 63.1 Å². The van der Waals surface area contributed by atoms with Crippen molar-refractivity contribution in [1.82, 2.24) is 0 Å². The van der Waals surface area contributed by atoms with Crippen molar-refractivity contribution in [3.8, 4) is 0 Å². The number of hydrogen-bond acceptors (Lipinski definition) is 2. The fourth-order valence-corrected chi connectivity index (χ4v) is 7.46. The van der Waals surface area contributed by atoms with E-state index in [0.29, 0.717) is 22.2 Å². The van der Waals surface area contributed by atoms with E-state index in [4.69, 9.17) is 28.3 Å². The lowest BCUT2D eigenvalue weighted by Crippen LogP contribution is -2.54. The van der Waals surface area contributed by atoms with Crippen LogP contribution in [0.5, 0.6) is 0 Å². The predicted octanol–water partition coefficient (Wildman–Crippen LogP) is 5.72. The summed E-state index contributed by atoms with van der Waals surface area (Å²) in [6.45, 7) is 0. The number of rotatable bonds is 2. The number of amides is 1. The molecule has 4 aliphatic carbocycles. The highest BCUT2D eigenvalue weighted by Crippen LogP contribution is 2.63. The van der Waals surface area contributed by atoms with Gasteiger partial charge in [-0.25, -0.2) is 0 Å². The first-order valence-corrected chi connectivity index (χ1v) is 11.0. The summed E-state index contributed by atoms with van der Waals surface area (Å²) in [7, 11) is 0. The number of nitrogens with zero attached hydrogens (tertiary/aromatic N) is 2. The molecule has 4 bridgehead atoms. The van der Waals surface area contributed by atoms with Gasteiger partial charge in [0, 0.05) is 14.4 Å². The van der Waals surface area contributed by atoms with Crippen LogP contribution in [-0.4, -0.2) is 15.5 Å². The van der Waals surface area contributed by atoms with Gasteiger partial charge in [-0.3, -0.25) is 4.79 Å². The summed E-state index contributed by atoms with van der Waals surface area (Å²) in [5.74, 6) is 2.46. The molecule has 1 aromatic carbocycles. The van der Waals surface area contributed by atoms with E-state index in [2.05, 4.69) is 22.6 Å². The van der Waals surface area contributed by atoms with Gasteiger partial charge in [0.05, 0.1) is 22.8 Å². The first-order valence-electron chi connectivity index (χ1n) is 8.95. The topological polar surface area (TPSA) is 32.7 Å². The monoisotopic (exact) mass is 488 g/mol. The molecule has 1 heterocycles. The molecule has 1 aliphatic heterocycles. The number of hydrogen-bond donors (Lipinski definition) is 0. The van der Waals surface area contributed by atoms with Crippen LogP contribution >= 0.6 is 45.8 Å². The molecule has 0 saturated heterocycles. The van der Waals surface area contributed by atoms with Gasteiger partial charge in [-0.05, 0) is 68.1 Å². The van der Waals surface area contributed by atoms with E-state index in [1.165, 1.54) is 37.1 Å². The normalized spacial score (nSPS) is 39.2. The molecule has 1 amide bonds. The summed E-state index contributed by atoms with van der Waals surface area (Å²) < 4.78 is 0.807. The van der Waals surface area contributed by atoms with Crippen LogP contribution in [0.4, 0.5) is 5.69 Å². The number of benzene rings is 1. The van der Waals surface area contributed by atoms with Crippen LogP contribution in [0.1, 0.15) is 38.5 Å². The van der Waals surface area contributed by atoms with Crippen LogP contribution in [0.25, 0.3) is 0 Å². The second kappa shape index (κ2) is 5.83. The molecule has 0 spiro atoms. The van der Waals surface area contributed by atoms with Crippen LogP contribution in [-0.2, 0) is 4.79 Å². The van der Waals surface area contributed by atoms with Crippen LogP contribution in [0.3, 0.4) is 0 Å². The molecule has 0 aromatic heterocycles. The van der Waals surface area contributed by atoms with Gasteiger partial charge in [-0.1, -0.05) is 45.8 Å². The quantitative estimate of drug-likeness (QED) is 0.387. The molecule has 2 atom stereocenters. The largest absolute Gasteiger partial charge is 0.272 e. The number of anilines is 1. The maximum Gasteiger partial charge on any atom is 0.253 e. The Balaban J connectivity index is 1.50. The highest BCUT2D eigenvalue weighted by atomic mass is 127. The molecule has 0 radical (unpaired) electrons. The first-order chi connectivity index (χ1) is 11.9. The zero-order chi connectivity index (χ0) is 17.3. The molecule has 2 unspecified atom stereocenters. The minimum absolute atomic E-state index is 0.0287. The molecule has 0 N–H and O–H groups in total. The third kappa shape index (κ3) is 2.58. The Morgan fingerprint density at radius 3 is 2.56 bits per heavy atom. The van der Waals surface area contributed by atoms with Crippen LogP contribution < -0.4 is 5.01 Å². The Bertz CT molecular complexity index is 780. The Morgan fingerprint density at radius 2 is 1.88 bits per heavy atom. The maximum absolute atomic E-state index is 12.7. The minimum atomic E-state index is 0.0287. The van der Waals surface area contributed by atoms with Gasteiger partial charge in [-0.2, -0.15) is 10.1 Å². The number of alkyl halides is 1. The second-order valence-corrected chi connectivity index (χ2v) is 10.5. The van der Waals surface area contributed by atoms with Gasteiger partial charge in [0.2, 0.25) is 0 Å². The summed E-state index contributed by atoms with van der Waals surface area (Å²) in [5.41, 5.74) is 1.90. The van der Waals surface area contributed by atoms with Gasteiger partial charge < -0.3 is 0 Å². The van der Waals surface area contributed by atoms with Gasteiger partial charge in [0.25, 0.3) is 5.91 Å². The minimum Gasteiger partial charge on any atom is -0.272 e. The summed E-state index contributed by atoms with van der Waals surface area (Å²) >= 11 is 15.0. The fraction of sp³-hybridized carbons (Fsp3) is 0.579. The van der Waals surface area contributed by atoms with Gasteiger partial charge in [0.1, 0.15) is 0 Å². The zero-order valence-corrected chi connectivity index (χ0v) is 17.4. The van der Waals surface area contributed by atoms with Crippen molar-refractivity contribution in [2.45, 2.75) is 42.4 Å². The van der Waals surface area contributed by atoms with Crippen LogP contribution in [0, 0.1) is 23.2 Å². The summed E-state index contributed by atoms with van der Waals surface area (Å²) in [6, 6.07) is 5.22. The van der Waals surface area contributed by atoms with E-state index in [0.717, 1.165) is 27.4 Å². The number of hydrazone groups is 1. The Hall–Kier alpha value is -0.330. The molecule has 4 fully saturated rings. The Morgan fingerprint density at radius 1 is 1.16 bits per heavy atom. The molecule has 5 aliphatic rings. The van der Waals surface area contributed by atoms with Gasteiger partial charge in [0.15, 0.2) is 0 Å². The second-order valence-electron chi connectivity index (χ2n) is 8.22. The highest BCUT2D eigenvalue weighted by molar-refractivity contribution is 14.1. The summed E-state index contributed by atoms with van der Waals surface area (Å²) in [4.78, 5) is 12.7. The van der Waals surface area contributed by atoms with Gasteiger partial charge in [-0.15, -0.1) is 0 Å². The number of carbonyl (C=O) groups is 1. The zero-order valence-electron chi connectivity index (χ0n) is 13.7. The van der Waals surface area contributed by atoms with E-state index in [9.17, 15) is 4.79 Å². The molecule has 6 heteroatoms. The SMILES string of the molecule is O=C1CC(C23CC4CC(C2)C(I)C(C4)C3)=NN1c1ccc(Cl)cc1Cl. The molecule has 1 aromatic rings. The van der Waals surface area contributed by atoms with Crippen molar-refractivity contribution < 1.29 is 4.79 Å². The van der Waals surface area contributed by atoms with Crippen LogP contribution in [0.15, 0.2) is 23.3 Å². The van der Waals surface area contributed by atoms with Crippen molar-refractivity contribution in [1.29, 1.82) is 0 Å². The molecule has 3 nitrogen and oxygen atoms in total. The average Bonchev–Trinajstić information content (AvgIpc) is 2.94.